The van der Waals surface area contributed by atoms with Gasteiger partial charge in [0, 0.05) is 12.2 Å². The van der Waals surface area contributed by atoms with Crippen molar-refractivity contribution in [1.82, 2.24) is 0 Å². The quantitative estimate of drug-likeness (QED) is 0.534. The zero-order valence-electron chi connectivity index (χ0n) is 18.1. The molecule has 1 heterocycles. The summed E-state index contributed by atoms with van der Waals surface area (Å²) in [6.07, 6.45) is 1.18. The molecule has 3 aromatic rings. The summed E-state index contributed by atoms with van der Waals surface area (Å²) in [4.78, 5) is 12.6. The molecule has 6 nitrogen and oxygen atoms in total. The van der Waals surface area contributed by atoms with Crippen LogP contribution in [0.15, 0.2) is 59.5 Å². The monoisotopic (exact) mass is 490 g/mol. The number of anilines is 2. The van der Waals surface area contributed by atoms with Gasteiger partial charge in [-0.3, -0.25) is 9.10 Å². The molecule has 10 heteroatoms. The van der Waals surface area contributed by atoms with Gasteiger partial charge in [0.1, 0.15) is 17.2 Å². The van der Waals surface area contributed by atoms with E-state index in [1.807, 2.05) is 0 Å². The summed E-state index contributed by atoms with van der Waals surface area (Å²) < 4.78 is 74.9. The molecule has 1 aliphatic heterocycles. The first-order valence-corrected chi connectivity index (χ1v) is 12.0. The molecule has 1 amide bonds. The zero-order valence-corrected chi connectivity index (χ0v) is 19.0. The van der Waals surface area contributed by atoms with Crippen LogP contribution < -0.4 is 14.4 Å². The van der Waals surface area contributed by atoms with Crippen LogP contribution in [0.5, 0.6) is 5.75 Å². The summed E-state index contributed by atoms with van der Waals surface area (Å²) in [6, 6.07) is 11.2. The molecule has 0 saturated heterocycles. The Morgan fingerprint density at radius 1 is 1.06 bits per heavy atom. The first-order valence-electron chi connectivity index (χ1n) is 10.6. The lowest BCUT2D eigenvalue weighted by atomic mass is 10.0. The smallest absolute Gasteiger partial charge is 0.264 e. The SMILES string of the molecule is CCOc1ccc(F)c(C(=O)Nc2ccc3c(c2)N(S(=O)(=O)c2ccc(F)cc2)CCC3)c1F. The average molecular weight is 491 g/mol. The van der Waals surface area contributed by atoms with Gasteiger partial charge in [-0.1, -0.05) is 6.07 Å². The summed E-state index contributed by atoms with van der Waals surface area (Å²) >= 11 is 0. The number of amides is 1. The highest BCUT2D eigenvalue weighted by molar-refractivity contribution is 7.92. The van der Waals surface area contributed by atoms with Crippen molar-refractivity contribution in [1.29, 1.82) is 0 Å². The fraction of sp³-hybridized carbons (Fsp3) is 0.208. The molecule has 3 aromatic carbocycles. The third-order valence-corrected chi connectivity index (χ3v) is 7.23. The predicted molar refractivity (Wildman–Crippen MR) is 121 cm³/mol. The fourth-order valence-electron chi connectivity index (χ4n) is 3.80. The van der Waals surface area contributed by atoms with E-state index in [1.165, 1.54) is 28.6 Å². The van der Waals surface area contributed by atoms with E-state index in [-0.39, 0.29) is 29.5 Å². The summed E-state index contributed by atoms with van der Waals surface area (Å²) in [5.41, 5.74) is 0.410. The van der Waals surface area contributed by atoms with E-state index in [0.717, 1.165) is 29.8 Å². The van der Waals surface area contributed by atoms with Crippen LogP contribution in [0.2, 0.25) is 0 Å². The Labute approximate surface area is 195 Å². The van der Waals surface area contributed by atoms with E-state index >= 15 is 0 Å². The molecular formula is C24H21F3N2O4S. The van der Waals surface area contributed by atoms with Crippen molar-refractivity contribution in [2.75, 3.05) is 22.8 Å². The van der Waals surface area contributed by atoms with Crippen LogP contribution in [0.4, 0.5) is 24.5 Å². The fourth-order valence-corrected chi connectivity index (χ4v) is 5.34. The van der Waals surface area contributed by atoms with Crippen LogP contribution in [0, 0.1) is 17.5 Å². The molecule has 178 valence electrons. The number of nitrogens with zero attached hydrogens (tertiary/aromatic N) is 1. The van der Waals surface area contributed by atoms with Gasteiger partial charge in [0.15, 0.2) is 11.6 Å². The summed E-state index contributed by atoms with van der Waals surface area (Å²) in [6.45, 7) is 1.94. The van der Waals surface area contributed by atoms with E-state index in [1.54, 1.807) is 13.0 Å². The van der Waals surface area contributed by atoms with Crippen molar-refractivity contribution in [3.63, 3.8) is 0 Å². The average Bonchev–Trinajstić information content (AvgIpc) is 2.81. The first kappa shape index (κ1) is 23.6. The lowest BCUT2D eigenvalue weighted by molar-refractivity contribution is 0.101. The van der Waals surface area contributed by atoms with Crippen molar-refractivity contribution in [3.05, 3.63) is 83.2 Å². The van der Waals surface area contributed by atoms with Gasteiger partial charge < -0.3 is 10.1 Å². The standard InChI is InChI=1S/C24H21F3N2O4S/c1-2-33-21-12-11-19(26)22(23(21)27)24(30)28-17-8-5-15-4-3-13-29(20(15)14-17)34(31,32)18-9-6-16(25)7-10-18/h5-12,14H,2-4,13H2,1H3,(H,28,30). The lowest BCUT2D eigenvalue weighted by Gasteiger charge is -2.31. The second-order valence-corrected chi connectivity index (χ2v) is 9.46. The summed E-state index contributed by atoms with van der Waals surface area (Å²) in [5.74, 6) is -4.04. The minimum atomic E-state index is -4.00. The number of halogens is 3. The van der Waals surface area contributed by atoms with Crippen LogP contribution in [-0.2, 0) is 16.4 Å². The third kappa shape index (κ3) is 4.45. The maximum absolute atomic E-state index is 14.6. The van der Waals surface area contributed by atoms with Gasteiger partial charge in [-0.2, -0.15) is 0 Å². The molecule has 1 aliphatic rings. The molecule has 0 radical (unpaired) electrons. The molecule has 0 aliphatic carbocycles. The molecule has 0 atom stereocenters. The van der Waals surface area contributed by atoms with Crippen molar-refractivity contribution in [3.8, 4) is 5.75 Å². The van der Waals surface area contributed by atoms with Crippen molar-refractivity contribution < 1.29 is 31.1 Å². The number of ether oxygens (including phenoxy) is 1. The molecule has 0 saturated carbocycles. The number of aryl methyl sites for hydroxylation is 1. The number of nitrogens with one attached hydrogen (secondary N) is 1. The highest BCUT2D eigenvalue weighted by Crippen LogP contribution is 2.34. The van der Waals surface area contributed by atoms with E-state index < -0.39 is 38.9 Å². The zero-order chi connectivity index (χ0) is 24.5. The molecule has 34 heavy (non-hydrogen) atoms. The van der Waals surface area contributed by atoms with Crippen LogP contribution >= 0.6 is 0 Å². The maximum atomic E-state index is 14.6. The number of fused-ring (bicyclic) bond motifs is 1. The van der Waals surface area contributed by atoms with Gasteiger partial charge in [-0.25, -0.2) is 21.6 Å². The third-order valence-electron chi connectivity index (χ3n) is 5.40. The van der Waals surface area contributed by atoms with Crippen molar-refractivity contribution >= 4 is 27.3 Å². The van der Waals surface area contributed by atoms with Crippen LogP contribution in [-0.4, -0.2) is 27.5 Å². The second kappa shape index (κ2) is 9.38. The Kier molecular flexibility index (Phi) is 6.52. The summed E-state index contributed by atoms with van der Waals surface area (Å²) in [7, 11) is -4.00. The number of benzene rings is 3. The maximum Gasteiger partial charge on any atom is 0.264 e. The molecule has 0 fully saturated rings. The number of hydrogen-bond acceptors (Lipinski definition) is 4. The van der Waals surface area contributed by atoms with E-state index in [0.29, 0.717) is 18.5 Å². The van der Waals surface area contributed by atoms with Crippen LogP contribution in [0.3, 0.4) is 0 Å². The van der Waals surface area contributed by atoms with E-state index in [2.05, 4.69) is 5.32 Å². The van der Waals surface area contributed by atoms with Crippen LogP contribution in [0.25, 0.3) is 0 Å². The molecule has 0 spiro atoms. The van der Waals surface area contributed by atoms with Crippen molar-refractivity contribution in [2.45, 2.75) is 24.7 Å². The second-order valence-electron chi connectivity index (χ2n) is 7.60. The number of carbonyl (C=O) groups excluding carboxylic acids is 1. The van der Waals surface area contributed by atoms with Crippen molar-refractivity contribution in [2.24, 2.45) is 0 Å². The van der Waals surface area contributed by atoms with E-state index in [4.69, 9.17) is 4.74 Å². The molecule has 1 N–H and O–H groups in total. The first-order chi connectivity index (χ1) is 16.2. The summed E-state index contributed by atoms with van der Waals surface area (Å²) in [5, 5.41) is 2.43. The van der Waals surface area contributed by atoms with Gasteiger partial charge >= 0.3 is 0 Å². The predicted octanol–water partition coefficient (Wildman–Crippen LogP) is 4.90. The van der Waals surface area contributed by atoms with Gasteiger partial charge in [-0.15, -0.1) is 0 Å². The Bertz CT molecular complexity index is 1350. The molecule has 0 aromatic heterocycles. The topological polar surface area (TPSA) is 75.7 Å². The minimum Gasteiger partial charge on any atom is -0.491 e. The highest BCUT2D eigenvalue weighted by atomic mass is 32.2. The van der Waals surface area contributed by atoms with Gasteiger partial charge in [-0.05, 0) is 73.9 Å². The van der Waals surface area contributed by atoms with Gasteiger partial charge in [0.2, 0.25) is 0 Å². The number of sulfonamides is 1. The molecule has 4 rings (SSSR count). The largest absolute Gasteiger partial charge is 0.491 e. The van der Waals surface area contributed by atoms with Crippen LogP contribution in [0.1, 0.15) is 29.3 Å². The normalized spacial score (nSPS) is 13.4. The lowest BCUT2D eigenvalue weighted by Crippen LogP contribution is -2.35. The Morgan fingerprint density at radius 3 is 2.50 bits per heavy atom. The number of carbonyl (C=O) groups is 1. The highest BCUT2D eigenvalue weighted by Gasteiger charge is 2.30. The molecular weight excluding hydrogens is 469 g/mol. The van der Waals surface area contributed by atoms with E-state index in [9.17, 15) is 26.4 Å². The number of hydrogen-bond donors (Lipinski definition) is 1. The van der Waals surface area contributed by atoms with Gasteiger partial charge in [0.05, 0.1) is 17.2 Å². The van der Waals surface area contributed by atoms with Gasteiger partial charge in [0.25, 0.3) is 15.9 Å². The minimum absolute atomic E-state index is 0.0759. The molecule has 0 bridgehead atoms. The Morgan fingerprint density at radius 2 is 1.79 bits per heavy atom. The Balaban J connectivity index is 1.67. The number of rotatable bonds is 6. The molecule has 0 unspecified atom stereocenters. The Hall–Kier alpha value is -3.53.